The highest BCUT2D eigenvalue weighted by Gasteiger charge is 2.08. The van der Waals surface area contributed by atoms with Gasteiger partial charge in [-0.15, -0.1) is 0 Å². The minimum absolute atomic E-state index is 0.275. The summed E-state index contributed by atoms with van der Waals surface area (Å²) in [4.78, 5) is 16.2. The topological polar surface area (TPSA) is 87.9 Å². The Kier molecular flexibility index (Phi) is 7.49. The van der Waals surface area contributed by atoms with E-state index in [9.17, 15) is 4.79 Å². The van der Waals surface area contributed by atoms with E-state index >= 15 is 0 Å². The van der Waals surface area contributed by atoms with E-state index in [4.69, 9.17) is 9.15 Å². The van der Waals surface area contributed by atoms with Gasteiger partial charge < -0.3 is 25.1 Å². The van der Waals surface area contributed by atoms with Gasteiger partial charge in [-0.05, 0) is 48.9 Å². The van der Waals surface area contributed by atoms with E-state index in [1.54, 1.807) is 19.2 Å². The van der Waals surface area contributed by atoms with Crippen molar-refractivity contribution in [1.82, 2.24) is 10.6 Å². The lowest BCUT2D eigenvalue weighted by atomic mass is 10.2. The van der Waals surface area contributed by atoms with Crippen LogP contribution in [0.1, 0.15) is 21.7 Å². The Labute approximate surface area is 176 Å². The average Bonchev–Trinajstić information content (AvgIpc) is 3.31. The first-order chi connectivity index (χ1) is 14.6. The Bertz CT molecular complexity index is 949. The predicted octanol–water partition coefficient (Wildman–Crippen LogP) is 3.58. The van der Waals surface area contributed by atoms with Crippen LogP contribution in [0.5, 0.6) is 5.75 Å². The Morgan fingerprint density at radius 3 is 2.47 bits per heavy atom. The molecule has 0 fully saturated rings. The number of aryl methyl sites for hydroxylation is 1. The first-order valence-electron chi connectivity index (χ1n) is 9.72. The van der Waals surface area contributed by atoms with Gasteiger partial charge in [-0.2, -0.15) is 0 Å². The smallest absolute Gasteiger partial charge is 0.291 e. The number of nitrogens with one attached hydrogen (secondary N) is 3. The van der Waals surface area contributed by atoms with E-state index in [1.165, 1.54) is 11.8 Å². The molecule has 0 spiro atoms. The van der Waals surface area contributed by atoms with Crippen molar-refractivity contribution in [2.45, 2.75) is 13.5 Å². The summed E-state index contributed by atoms with van der Waals surface area (Å²) in [5.41, 5.74) is 2.97. The average molecular weight is 406 g/mol. The molecule has 7 nitrogen and oxygen atoms in total. The number of ether oxygens (including phenoxy) is 1. The van der Waals surface area contributed by atoms with E-state index in [0.717, 1.165) is 11.3 Å². The lowest BCUT2D eigenvalue weighted by molar-refractivity contribution is 0.0996. The standard InChI is InChI=1S/C23H26N4O3/c1-17-5-11-20(12-6-17)29-15-13-25-23(24-2)26-16-18-7-9-19(10-8-18)27-22(28)21-4-3-14-30-21/h3-12,14H,13,15-16H2,1-2H3,(H,27,28)(H2,24,25,26). The Morgan fingerprint density at radius 1 is 1.03 bits per heavy atom. The van der Waals surface area contributed by atoms with Gasteiger partial charge in [0, 0.05) is 19.3 Å². The molecule has 0 aliphatic rings. The number of amides is 1. The van der Waals surface area contributed by atoms with E-state index in [-0.39, 0.29) is 11.7 Å². The van der Waals surface area contributed by atoms with Crippen molar-refractivity contribution in [2.24, 2.45) is 4.99 Å². The third-order valence-electron chi connectivity index (χ3n) is 4.32. The maximum Gasteiger partial charge on any atom is 0.291 e. The van der Waals surface area contributed by atoms with E-state index in [1.807, 2.05) is 55.5 Å². The van der Waals surface area contributed by atoms with Gasteiger partial charge in [0.15, 0.2) is 11.7 Å². The number of guanidine groups is 1. The van der Waals surface area contributed by atoms with E-state index < -0.39 is 0 Å². The molecule has 0 atom stereocenters. The molecular formula is C23H26N4O3. The van der Waals surface area contributed by atoms with Crippen LogP contribution in [0.15, 0.2) is 76.3 Å². The van der Waals surface area contributed by atoms with Crippen LogP contribution in [0, 0.1) is 6.92 Å². The Morgan fingerprint density at radius 2 is 1.80 bits per heavy atom. The third kappa shape index (κ3) is 6.41. The molecule has 1 amide bonds. The van der Waals surface area contributed by atoms with Crippen LogP contribution in [-0.2, 0) is 6.54 Å². The number of aliphatic imine (C=N–C) groups is 1. The van der Waals surface area contributed by atoms with Crippen molar-refractivity contribution in [2.75, 3.05) is 25.5 Å². The van der Waals surface area contributed by atoms with Crippen molar-refractivity contribution in [3.63, 3.8) is 0 Å². The first-order valence-corrected chi connectivity index (χ1v) is 9.72. The molecule has 7 heteroatoms. The molecule has 30 heavy (non-hydrogen) atoms. The number of benzene rings is 2. The zero-order valence-electron chi connectivity index (χ0n) is 17.1. The van der Waals surface area contributed by atoms with Gasteiger partial charge in [-0.25, -0.2) is 0 Å². The van der Waals surface area contributed by atoms with Crippen molar-refractivity contribution < 1.29 is 13.9 Å². The summed E-state index contributed by atoms with van der Waals surface area (Å²) >= 11 is 0. The fraction of sp³-hybridized carbons (Fsp3) is 0.217. The number of nitrogens with zero attached hydrogens (tertiary/aromatic N) is 1. The summed E-state index contributed by atoms with van der Waals surface area (Å²) in [5.74, 6) is 1.55. The summed E-state index contributed by atoms with van der Waals surface area (Å²) in [6, 6.07) is 18.9. The summed E-state index contributed by atoms with van der Waals surface area (Å²) in [6.07, 6.45) is 1.47. The van der Waals surface area contributed by atoms with Crippen LogP contribution < -0.4 is 20.7 Å². The van der Waals surface area contributed by atoms with Gasteiger partial charge >= 0.3 is 0 Å². The lowest BCUT2D eigenvalue weighted by Crippen LogP contribution is -2.38. The maximum absolute atomic E-state index is 12.0. The van der Waals surface area contributed by atoms with Crippen LogP contribution in [0.4, 0.5) is 5.69 Å². The number of carbonyl (C=O) groups is 1. The maximum atomic E-state index is 12.0. The fourth-order valence-corrected chi connectivity index (χ4v) is 2.69. The number of carbonyl (C=O) groups excluding carboxylic acids is 1. The van der Waals surface area contributed by atoms with E-state index in [0.29, 0.717) is 31.3 Å². The highest BCUT2D eigenvalue weighted by atomic mass is 16.5. The molecule has 156 valence electrons. The van der Waals surface area contributed by atoms with Crippen molar-refractivity contribution >= 4 is 17.6 Å². The minimum atomic E-state index is -0.275. The molecule has 0 saturated heterocycles. The van der Waals surface area contributed by atoms with Gasteiger partial charge in [0.05, 0.1) is 12.8 Å². The van der Waals surface area contributed by atoms with Gasteiger partial charge in [0.1, 0.15) is 12.4 Å². The number of furan rings is 1. The molecule has 0 aliphatic heterocycles. The highest BCUT2D eigenvalue weighted by Crippen LogP contribution is 2.12. The molecule has 0 aliphatic carbocycles. The molecule has 1 aromatic heterocycles. The van der Waals surface area contributed by atoms with Crippen molar-refractivity contribution in [3.8, 4) is 5.75 Å². The molecule has 3 N–H and O–H groups in total. The summed E-state index contributed by atoms with van der Waals surface area (Å²) < 4.78 is 10.8. The number of hydrogen-bond donors (Lipinski definition) is 3. The van der Waals surface area contributed by atoms with Gasteiger partial charge in [0.2, 0.25) is 0 Å². The number of rotatable bonds is 8. The first kappa shape index (κ1) is 21.0. The second kappa shape index (κ2) is 10.7. The van der Waals surface area contributed by atoms with Crippen molar-refractivity contribution in [1.29, 1.82) is 0 Å². The monoisotopic (exact) mass is 406 g/mol. The third-order valence-corrected chi connectivity index (χ3v) is 4.32. The lowest BCUT2D eigenvalue weighted by Gasteiger charge is -2.13. The van der Waals surface area contributed by atoms with Crippen LogP contribution in [0.3, 0.4) is 0 Å². The molecule has 1 heterocycles. The molecular weight excluding hydrogens is 380 g/mol. The SMILES string of the molecule is CN=C(NCCOc1ccc(C)cc1)NCc1ccc(NC(=O)c2ccco2)cc1. The van der Waals surface area contributed by atoms with Crippen LogP contribution in [0.25, 0.3) is 0 Å². The molecule has 0 bridgehead atoms. The summed E-state index contributed by atoms with van der Waals surface area (Å²) in [6.45, 7) is 3.82. The molecule has 3 rings (SSSR count). The zero-order valence-corrected chi connectivity index (χ0v) is 17.1. The second-order valence-corrected chi connectivity index (χ2v) is 6.64. The molecule has 3 aromatic rings. The number of hydrogen-bond acceptors (Lipinski definition) is 4. The molecule has 0 saturated carbocycles. The second-order valence-electron chi connectivity index (χ2n) is 6.64. The zero-order chi connectivity index (χ0) is 21.2. The van der Waals surface area contributed by atoms with Crippen LogP contribution in [-0.4, -0.2) is 32.1 Å². The normalized spacial score (nSPS) is 11.1. The van der Waals surface area contributed by atoms with E-state index in [2.05, 4.69) is 20.9 Å². The van der Waals surface area contributed by atoms with Crippen LogP contribution in [0.2, 0.25) is 0 Å². The van der Waals surface area contributed by atoms with Gasteiger partial charge in [0.25, 0.3) is 5.91 Å². The quantitative estimate of drug-likeness (QED) is 0.302. The Hall–Kier alpha value is -3.74. The van der Waals surface area contributed by atoms with Gasteiger partial charge in [-0.1, -0.05) is 29.8 Å². The minimum Gasteiger partial charge on any atom is -0.492 e. The number of anilines is 1. The van der Waals surface area contributed by atoms with Crippen LogP contribution >= 0.6 is 0 Å². The highest BCUT2D eigenvalue weighted by molar-refractivity contribution is 6.02. The molecule has 2 aromatic carbocycles. The van der Waals surface area contributed by atoms with Crippen molar-refractivity contribution in [3.05, 3.63) is 83.8 Å². The summed E-state index contributed by atoms with van der Waals surface area (Å²) in [5, 5.41) is 9.27. The fourth-order valence-electron chi connectivity index (χ4n) is 2.69. The molecule has 0 unspecified atom stereocenters. The largest absolute Gasteiger partial charge is 0.492 e. The Balaban J connectivity index is 1.39. The summed E-state index contributed by atoms with van der Waals surface area (Å²) in [7, 11) is 1.73. The molecule has 0 radical (unpaired) electrons. The van der Waals surface area contributed by atoms with Gasteiger partial charge in [-0.3, -0.25) is 9.79 Å². The predicted molar refractivity (Wildman–Crippen MR) is 118 cm³/mol.